The van der Waals surface area contributed by atoms with E-state index in [1.54, 1.807) is 24.3 Å². The first-order chi connectivity index (χ1) is 13.3. The van der Waals surface area contributed by atoms with Gasteiger partial charge in [0.1, 0.15) is 12.2 Å². The van der Waals surface area contributed by atoms with Crippen molar-refractivity contribution in [2.24, 2.45) is 23.3 Å². The van der Waals surface area contributed by atoms with Crippen molar-refractivity contribution in [2.75, 3.05) is 0 Å². The van der Waals surface area contributed by atoms with Crippen LogP contribution in [0, 0.1) is 11.8 Å². The van der Waals surface area contributed by atoms with Crippen molar-refractivity contribution >= 4 is 11.9 Å². The Bertz CT molecular complexity index is 652. The lowest BCUT2D eigenvalue weighted by Crippen LogP contribution is -2.38. The molecule has 2 aliphatic rings. The Morgan fingerprint density at radius 1 is 0.821 bits per heavy atom. The van der Waals surface area contributed by atoms with Gasteiger partial charge >= 0.3 is 11.9 Å². The number of carbonyl (C=O) groups is 2. The molecular weight excluding hydrogens is 356 g/mol. The van der Waals surface area contributed by atoms with E-state index in [2.05, 4.69) is 13.8 Å². The lowest BCUT2D eigenvalue weighted by atomic mass is 9.84. The molecular formula is C22H32N2O4. The van der Waals surface area contributed by atoms with Crippen molar-refractivity contribution in [1.82, 2.24) is 0 Å². The topological polar surface area (TPSA) is 105 Å². The fourth-order valence-electron chi connectivity index (χ4n) is 4.17. The van der Waals surface area contributed by atoms with Gasteiger partial charge in [-0.3, -0.25) is 0 Å². The number of rotatable bonds is 4. The highest BCUT2D eigenvalue weighted by Crippen LogP contribution is 2.27. The summed E-state index contributed by atoms with van der Waals surface area (Å²) in [4.78, 5) is 25.1. The minimum absolute atomic E-state index is 0.120. The quantitative estimate of drug-likeness (QED) is 0.768. The molecule has 3 rings (SSSR count). The highest BCUT2D eigenvalue weighted by molar-refractivity contribution is 5.95. The smallest absolute Gasteiger partial charge is 0.338 e. The SMILES string of the molecule is CC1CC(OC(=O)c2cccc(C(=O)OC3CCC(N)C(C)C3)c2)CCC1N. The van der Waals surface area contributed by atoms with E-state index < -0.39 is 11.9 Å². The minimum Gasteiger partial charge on any atom is -0.459 e. The molecule has 2 aliphatic carbocycles. The van der Waals surface area contributed by atoms with Gasteiger partial charge in [-0.1, -0.05) is 19.9 Å². The molecule has 6 nitrogen and oxygen atoms in total. The van der Waals surface area contributed by atoms with Crippen LogP contribution in [-0.4, -0.2) is 36.2 Å². The van der Waals surface area contributed by atoms with Crippen molar-refractivity contribution in [1.29, 1.82) is 0 Å². The van der Waals surface area contributed by atoms with Crippen molar-refractivity contribution in [3.8, 4) is 0 Å². The van der Waals surface area contributed by atoms with Crippen LogP contribution in [-0.2, 0) is 9.47 Å². The summed E-state index contributed by atoms with van der Waals surface area (Å²) in [6.45, 7) is 4.17. The van der Waals surface area contributed by atoms with Gasteiger partial charge in [0.2, 0.25) is 0 Å². The molecule has 1 aromatic carbocycles. The van der Waals surface area contributed by atoms with E-state index >= 15 is 0 Å². The fraction of sp³-hybridized carbons (Fsp3) is 0.636. The molecule has 0 saturated heterocycles. The Hall–Kier alpha value is -1.92. The van der Waals surface area contributed by atoms with Crippen molar-refractivity contribution in [3.05, 3.63) is 35.4 Å². The molecule has 2 saturated carbocycles. The van der Waals surface area contributed by atoms with Crippen LogP contribution in [0.5, 0.6) is 0 Å². The Morgan fingerprint density at radius 2 is 1.25 bits per heavy atom. The largest absolute Gasteiger partial charge is 0.459 e. The van der Waals surface area contributed by atoms with Gasteiger partial charge in [0.15, 0.2) is 0 Å². The molecule has 0 radical (unpaired) electrons. The summed E-state index contributed by atoms with van der Waals surface area (Å²) in [5.74, 6) is -0.142. The Labute approximate surface area is 166 Å². The van der Waals surface area contributed by atoms with Gasteiger partial charge in [0, 0.05) is 12.1 Å². The Balaban J connectivity index is 1.58. The molecule has 6 atom stereocenters. The van der Waals surface area contributed by atoms with E-state index in [0.29, 0.717) is 23.0 Å². The molecule has 0 spiro atoms. The predicted molar refractivity (Wildman–Crippen MR) is 107 cm³/mol. The zero-order valence-corrected chi connectivity index (χ0v) is 16.8. The second kappa shape index (κ2) is 9.05. The summed E-state index contributed by atoms with van der Waals surface area (Å²) in [5.41, 5.74) is 12.8. The highest BCUT2D eigenvalue weighted by Gasteiger charge is 2.29. The summed E-state index contributed by atoms with van der Waals surface area (Å²) in [7, 11) is 0. The normalized spacial score (nSPS) is 33.1. The maximum absolute atomic E-state index is 12.5. The minimum atomic E-state index is -0.403. The number of benzene rings is 1. The van der Waals surface area contributed by atoms with E-state index in [1.165, 1.54) is 0 Å². The van der Waals surface area contributed by atoms with Gasteiger partial charge in [0.05, 0.1) is 11.1 Å². The molecule has 1 aromatic rings. The molecule has 28 heavy (non-hydrogen) atoms. The van der Waals surface area contributed by atoms with Crippen LogP contribution in [0.15, 0.2) is 24.3 Å². The maximum Gasteiger partial charge on any atom is 0.338 e. The van der Waals surface area contributed by atoms with Gasteiger partial charge in [0.25, 0.3) is 0 Å². The summed E-state index contributed by atoms with van der Waals surface area (Å²) in [5, 5.41) is 0. The van der Waals surface area contributed by atoms with Crippen LogP contribution in [0.1, 0.15) is 73.1 Å². The molecule has 2 fully saturated rings. The second-order valence-corrected chi connectivity index (χ2v) is 8.54. The summed E-state index contributed by atoms with van der Waals surface area (Å²) >= 11 is 0. The van der Waals surface area contributed by atoms with E-state index in [1.807, 2.05) is 0 Å². The third-order valence-electron chi connectivity index (χ3n) is 6.26. The van der Waals surface area contributed by atoms with Gasteiger partial charge in [-0.15, -0.1) is 0 Å². The number of ether oxygens (including phenoxy) is 2. The lowest BCUT2D eigenvalue weighted by molar-refractivity contribution is 0.0129. The van der Waals surface area contributed by atoms with E-state index in [0.717, 1.165) is 38.5 Å². The number of nitrogens with two attached hydrogens (primary N) is 2. The summed E-state index contributed by atoms with van der Waals surface area (Å²) in [6.07, 6.45) is 4.58. The molecule has 0 heterocycles. The van der Waals surface area contributed by atoms with Crippen LogP contribution in [0.25, 0.3) is 0 Å². The molecule has 154 valence electrons. The summed E-state index contributed by atoms with van der Waals surface area (Å²) in [6, 6.07) is 6.92. The van der Waals surface area contributed by atoms with Crippen LogP contribution < -0.4 is 11.5 Å². The highest BCUT2D eigenvalue weighted by atomic mass is 16.5. The van der Waals surface area contributed by atoms with Gasteiger partial charge in [-0.05, 0) is 68.6 Å². The Morgan fingerprint density at radius 3 is 1.64 bits per heavy atom. The number of hydrogen-bond acceptors (Lipinski definition) is 6. The molecule has 6 unspecified atom stereocenters. The number of carbonyl (C=O) groups excluding carboxylic acids is 2. The predicted octanol–water partition coefficient (Wildman–Crippen LogP) is 3.03. The van der Waals surface area contributed by atoms with Crippen molar-refractivity contribution < 1.29 is 19.1 Å². The standard InChI is InChI=1S/C22H32N2O4/c1-13-10-17(6-8-19(13)23)27-21(25)15-4-3-5-16(12-15)22(26)28-18-7-9-20(24)14(2)11-18/h3-5,12-14,17-20H,6-11,23-24H2,1-2H3. The molecule has 0 aliphatic heterocycles. The third kappa shape index (κ3) is 5.11. The fourth-order valence-corrected chi connectivity index (χ4v) is 4.17. The van der Waals surface area contributed by atoms with Gasteiger partial charge < -0.3 is 20.9 Å². The van der Waals surface area contributed by atoms with Crippen LogP contribution in [0.3, 0.4) is 0 Å². The van der Waals surface area contributed by atoms with E-state index in [9.17, 15) is 9.59 Å². The maximum atomic E-state index is 12.5. The third-order valence-corrected chi connectivity index (χ3v) is 6.26. The van der Waals surface area contributed by atoms with Crippen LogP contribution >= 0.6 is 0 Å². The molecule has 6 heteroatoms. The molecule has 0 aromatic heterocycles. The first-order valence-corrected chi connectivity index (χ1v) is 10.4. The number of esters is 2. The van der Waals surface area contributed by atoms with Gasteiger partial charge in [-0.2, -0.15) is 0 Å². The Kier molecular flexibility index (Phi) is 6.73. The average molecular weight is 389 g/mol. The number of hydrogen-bond donors (Lipinski definition) is 2. The van der Waals surface area contributed by atoms with Crippen LogP contribution in [0.4, 0.5) is 0 Å². The van der Waals surface area contributed by atoms with Gasteiger partial charge in [-0.25, -0.2) is 9.59 Å². The average Bonchev–Trinajstić information content (AvgIpc) is 2.67. The summed E-state index contributed by atoms with van der Waals surface area (Å²) < 4.78 is 11.3. The second-order valence-electron chi connectivity index (χ2n) is 8.54. The van der Waals surface area contributed by atoms with E-state index in [-0.39, 0.29) is 24.3 Å². The lowest BCUT2D eigenvalue weighted by Gasteiger charge is -2.31. The zero-order chi connectivity index (χ0) is 20.3. The monoisotopic (exact) mass is 388 g/mol. The van der Waals surface area contributed by atoms with Crippen molar-refractivity contribution in [2.45, 2.75) is 76.7 Å². The first kappa shape index (κ1) is 20.8. The van der Waals surface area contributed by atoms with E-state index in [4.69, 9.17) is 20.9 Å². The molecule has 0 bridgehead atoms. The molecule has 0 amide bonds. The first-order valence-electron chi connectivity index (χ1n) is 10.4. The van der Waals surface area contributed by atoms with Crippen molar-refractivity contribution in [3.63, 3.8) is 0 Å². The van der Waals surface area contributed by atoms with Crippen LogP contribution in [0.2, 0.25) is 0 Å². The molecule has 4 N–H and O–H groups in total. The zero-order valence-electron chi connectivity index (χ0n) is 16.8.